The van der Waals surface area contributed by atoms with Crippen molar-refractivity contribution in [2.45, 2.75) is 40.0 Å². The molecule has 0 bridgehead atoms. The van der Waals surface area contributed by atoms with Crippen molar-refractivity contribution in [3.05, 3.63) is 0 Å². The molecule has 0 atom stereocenters. The molecule has 60 valence electrons. The molecule has 10 heavy (non-hydrogen) atoms. The lowest BCUT2D eigenvalue weighted by molar-refractivity contribution is -0.265. The molecule has 0 aromatic heterocycles. The summed E-state index contributed by atoms with van der Waals surface area (Å²) in [5, 5.41) is 0. The molecule has 1 aliphatic rings. The fourth-order valence-electron chi connectivity index (χ4n) is 1.39. The Morgan fingerprint density at radius 1 is 1.00 bits per heavy atom. The molecule has 0 heterocycles. The summed E-state index contributed by atoms with van der Waals surface area (Å²) in [5.41, 5.74) is -1.02. The van der Waals surface area contributed by atoms with Gasteiger partial charge in [0.2, 0.25) is 0 Å². The third-order valence-corrected chi connectivity index (χ3v) is 3.27. The smallest absolute Gasteiger partial charge is 0.206 e. The molecule has 0 saturated heterocycles. The van der Waals surface area contributed by atoms with E-state index in [2.05, 4.69) is 0 Å². The van der Waals surface area contributed by atoms with E-state index in [0.717, 1.165) is 0 Å². The minimum absolute atomic E-state index is 0.0347. The minimum atomic E-state index is -2.45. The van der Waals surface area contributed by atoms with E-state index in [1.165, 1.54) is 0 Å². The van der Waals surface area contributed by atoms with Crippen LogP contribution in [0.25, 0.3) is 0 Å². The van der Waals surface area contributed by atoms with E-state index >= 15 is 0 Å². The van der Waals surface area contributed by atoms with Gasteiger partial charge in [0.1, 0.15) is 0 Å². The maximum absolute atomic E-state index is 12.8. The standard InChI is InChI=1S/C8H14F2/c1-6(2)5-8(9,10)7(6,3)4/h5H2,1-4H3. The maximum atomic E-state index is 12.8. The van der Waals surface area contributed by atoms with Crippen LogP contribution in [0, 0.1) is 10.8 Å². The van der Waals surface area contributed by atoms with Crippen molar-refractivity contribution in [2.75, 3.05) is 0 Å². The van der Waals surface area contributed by atoms with Gasteiger partial charge in [0.05, 0.1) is 0 Å². The van der Waals surface area contributed by atoms with E-state index in [0.29, 0.717) is 0 Å². The highest BCUT2D eigenvalue weighted by Gasteiger charge is 2.66. The predicted octanol–water partition coefficient (Wildman–Crippen LogP) is 3.08. The Kier molecular flexibility index (Phi) is 1.23. The quantitative estimate of drug-likeness (QED) is 0.495. The van der Waals surface area contributed by atoms with Crippen molar-refractivity contribution in [1.29, 1.82) is 0 Å². The van der Waals surface area contributed by atoms with Gasteiger partial charge in [0.15, 0.2) is 0 Å². The first kappa shape index (κ1) is 7.96. The Hall–Kier alpha value is -0.140. The third-order valence-electron chi connectivity index (χ3n) is 3.27. The van der Waals surface area contributed by atoms with E-state index in [9.17, 15) is 8.78 Å². The third kappa shape index (κ3) is 0.650. The first-order valence-electron chi connectivity index (χ1n) is 3.59. The zero-order valence-corrected chi connectivity index (χ0v) is 6.96. The molecule has 0 N–H and O–H groups in total. The lowest BCUT2D eigenvalue weighted by Crippen LogP contribution is -2.60. The molecule has 1 rings (SSSR count). The summed E-state index contributed by atoms with van der Waals surface area (Å²) in [6.45, 7) is 7.06. The van der Waals surface area contributed by atoms with E-state index in [-0.39, 0.29) is 11.8 Å². The summed E-state index contributed by atoms with van der Waals surface area (Å²) in [6.07, 6.45) is 0.0347. The van der Waals surface area contributed by atoms with Crippen LogP contribution in [0.1, 0.15) is 34.1 Å². The van der Waals surface area contributed by atoms with Crippen LogP contribution >= 0.6 is 0 Å². The van der Waals surface area contributed by atoms with Crippen molar-refractivity contribution < 1.29 is 8.78 Å². The second kappa shape index (κ2) is 1.54. The van der Waals surface area contributed by atoms with Crippen LogP contribution in [0.4, 0.5) is 8.78 Å². The van der Waals surface area contributed by atoms with Crippen molar-refractivity contribution in [3.8, 4) is 0 Å². The van der Waals surface area contributed by atoms with Crippen LogP contribution in [-0.4, -0.2) is 5.92 Å². The first-order valence-corrected chi connectivity index (χ1v) is 3.59. The lowest BCUT2D eigenvalue weighted by atomic mass is 9.50. The molecule has 2 heteroatoms. The fourth-order valence-corrected chi connectivity index (χ4v) is 1.39. The van der Waals surface area contributed by atoms with Crippen molar-refractivity contribution in [2.24, 2.45) is 10.8 Å². The van der Waals surface area contributed by atoms with E-state index in [4.69, 9.17) is 0 Å². The second-order valence-electron chi connectivity index (χ2n) is 4.39. The van der Waals surface area contributed by atoms with Gasteiger partial charge < -0.3 is 0 Å². The van der Waals surface area contributed by atoms with Gasteiger partial charge >= 0.3 is 0 Å². The second-order valence-corrected chi connectivity index (χ2v) is 4.39. The molecule has 1 saturated carbocycles. The fraction of sp³-hybridized carbons (Fsp3) is 1.00. The molecule has 0 spiro atoms. The highest BCUT2D eigenvalue weighted by Crippen LogP contribution is 2.64. The van der Waals surface area contributed by atoms with E-state index < -0.39 is 11.3 Å². The molecule has 0 aromatic rings. The van der Waals surface area contributed by atoms with Gasteiger partial charge in [-0.25, -0.2) is 8.78 Å². The van der Waals surface area contributed by atoms with Crippen LogP contribution in [0.2, 0.25) is 0 Å². The van der Waals surface area contributed by atoms with Crippen molar-refractivity contribution in [3.63, 3.8) is 0 Å². The summed E-state index contributed by atoms with van der Waals surface area (Å²) in [6, 6.07) is 0. The van der Waals surface area contributed by atoms with Gasteiger partial charge in [0, 0.05) is 11.8 Å². The highest BCUT2D eigenvalue weighted by atomic mass is 19.3. The summed E-state index contributed by atoms with van der Waals surface area (Å²) in [7, 11) is 0. The topological polar surface area (TPSA) is 0 Å². The lowest BCUT2D eigenvalue weighted by Gasteiger charge is -2.58. The Labute approximate surface area is 60.6 Å². The maximum Gasteiger partial charge on any atom is 0.254 e. The van der Waals surface area contributed by atoms with Crippen LogP contribution in [0.5, 0.6) is 0 Å². The van der Waals surface area contributed by atoms with Crippen molar-refractivity contribution in [1.82, 2.24) is 0 Å². The largest absolute Gasteiger partial charge is 0.254 e. The van der Waals surface area contributed by atoms with E-state index in [1.54, 1.807) is 13.8 Å². The average Bonchev–Trinajstić information content (AvgIpc) is 1.61. The molecule has 0 unspecified atom stereocenters. The predicted molar refractivity (Wildman–Crippen MR) is 37.1 cm³/mol. The minimum Gasteiger partial charge on any atom is -0.206 e. The van der Waals surface area contributed by atoms with Gasteiger partial charge in [-0.1, -0.05) is 27.7 Å². The Balaban J connectivity index is 2.85. The first-order chi connectivity index (χ1) is 4.21. The zero-order chi connectivity index (χ0) is 8.21. The summed E-state index contributed by atoms with van der Waals surface area (Å²) in [4.78, 5) is 0. The molecule has 0 aliphatic heterocycles. The Morgan fingerprint density at radius 3 is 1.40 bits per heavy atom. The molecule has 0 radical (unpaired) electrons. The number of rotatable bonds is 0. The number of hydrogen-bond acceptors (Lipinski definition) is 0. The Bertz CT molecular complexity index is 141. The van der Waals surface area contributed by atoms with Gasteiger partial charge in [0.25, 0.3) is 5.92 Å². The summed E-state index contributed by atoms with van der Waals surface area (Å²) < 4.78 is 25.6. The van der Waals surface area contributed by atoms with Gasteiger partial charge in [-0.3, -0.25) is 0 Å². The molecular weight excluding hydrogens is 134 g/mol. The van der Waals surface area contributed by atoms with Gasteiger partial charge in [-0.05, 0) is 5.41 Å². The highest BCUT2D eigenvalue weighted by molar-refractivity contribution is 5.08. The normalized spacial score (nSPS) is 33.0. The van der Waals surface area contributed by atoms with Gasteiger partial charge in [-0.15, -0.1) is 0 Å². The summed E-state index contributed by atoms with van der Waals surface area (Å²) in [5.74, 6) is -2.45. The van der Waals surface area contributed by atoms with E-state index in [1.807, 2.05) is 13.8 Å². The number of halogens is 2. The molecule has 1 fully saturated rings. The molecule has 0 nitrogen and oxygen atoms in total. The number of hydrogen-bond donors (Lipinski definition) is 0. The average molecular weight is 148 g/mol. The number of alkyl halides is 2. The Morgan fingerprint density at radius 2 is 1.40 bits per heavy atom. The van der Waals surface area contributed by atoms with Gasteiger partial charge in [-0.2, -0.15) is 0 Å². The molecular formula is C8H14F2. The van der Waals surface area contributed by atoms with Crippen LogP contribution in [0.3, 0.4) is 0 Å². The zero-order valence-electron chi connectivity index (χ0n) is 6.96. The summed E-state index contributed by atoms with van der Waals surface area (Å²) >= 11 is 0. The molecule has 0 aromatic carbocycles. The van der Waals surface area contributed by atoms with Crippen LogP contribution in [0.15, 0.2) is 0 Å². The van der Waals surface area contributed by atoms with Crippen LogP contribution < -0.4 is 0 Å². The SMILES string of the molecule is CC1(C)CC(F)(F)C1(C)C. The van der Waals surface area contributed by atoms with Crippen LogP contribution in [-0.2, 0) is 0 Å². The van der Waals surface area contributed by atoms with Crippen molar-refractivity contribution >= 4 is 0 Å². The molecule has 1 aliphatic carbocycles. The molecule has 0 amide bonds. The monoisotopic (exact) mass is 148 g/mol.